The number of carbonyl (C=O) groups is 2. The molecule has 0 aliphatic rings. The lowest BCUT2D eigenvalue weighted by atomic mass is 10.1. The normalized spacial score (nSPS) is 10.3. The number of rotatable bonds is 5. The van der Waals surface area contributed by atoms with E-state index in [1.54, 1.807) is 24.3 Å². The highest BCUT2D eigenvalue weighted by molar-refractivity contribution is 6.08. The molecular weight excluding hydrogens is 343 g/mol. The molecule has 0 spiro atoms. The minimum absolute atomic E-state index is 0.185. The largest absolute Gasteiger partial charge is 0.348 e. The van der Waals surface area contributed by atoms with Crippen LogP contribution < -0.4 is 10.6 Å². The first-order valence-electron chi connectivity index (χ1n) is 8.52. The van der Waals surface area contributed by atoms with Crippen LogP contribution in [0.5, 0.6) is 0 Å². The molecule has 0 unspecified atom stereocenters. The lowest BCUT2D eigenvalue weighted by Gasteiger charge is -2.12. The topological polar surface area (TPSA) is 58.2 Å². The Kier molecular flexibility index (Phi) is 5.61. The van der Waals surface area contributed by atoms with Crippen LogP contribution in [0.1, 0.15) is 31.8 Å². The SMILES string of the molecule is Cc1cccc(CNC(=O)c2ccccc2NC(=O)c2cccc(F)c2)c1. The van der Waals surface area contributed by atoms with Crippen LogP contribution >= 0.6 is 0 Å². The number of halogens is 1. The van der Waals surface area contributed by atoms with E-state index in [1.165, 1.54) is 18.2 Å². The fraction of sp³-hybridized carbons (Fsp3) is 0.0909. The fourth-order valence-electron chi connectivity index (χ4n) is 2.71. The number of nitrogens with one attached hydrogen (secondary N) is 2. The summed E-state index contributed by atoms with van der Waals surface area (Å²) >= 11 is 0. The van der Waals surface area contributed by atoms with Crippen LogP contribution in [0.15, 0.2) is 72.8 Å². The molecule has 2 amide bonds. The molecule has 0 bridgehead atoms. The van der Waals surface area contributed by atoms with Gasteiger partial charge in [0, 0.05) is 12.1 Å². The first-order chi connectivity index (χ1) is 13.0. The Labute approximate surface area is 157 Å². The first kappa shape index (κ1) is 18.3. The summed E-state index contributed by atoms with van der Waals surface area (Å²) in [6, 6.07) is 20.0. The molecule has 0 heterocycles. The average Bonchev–Trinajstić information content (AvgIpc) is 2.66. The number of anilines is 1. The number of para-hydroxylation sites is 1. The van der Waals surface area contributed by atoms with E-state index in [0.717, 1.165) is 17.2 Å². The third-order valence-electron chi connectivity index (χ3n) is 4.04. The Balaban J connectivity index is 1.73. The molecule has 0 aromatic heterocycles. The number of amides is 2. The summed E-state index contributed by atoms with van der Waals surface area (Å²) in [4.78, 5) is 24.9. The summed E-state index contributed by atoms with van der Waals surface area (Å²) in [6.07, 6.45) is 0. The predicted octanol–water partition coefficient (Wildman–Crippen LogP) is 4.32. The van der Waals surface area contributed by atoms with Crippen LogP contribution in [-0.2, 0) is 6.54 Å². The Hall–Kier alpha value is -3.47. The molecule has 0 radical (unpaired) electrons. The Bertz CT molecular complexity index is 985. The lowest BCUT2D eigenvalue weighted by Crippen LogP contribution is -2.25. The van der Waals surface area contributed by atoms with Gasteiger partial charge in [-0.3, -0.25) is 9.59 Å². The predicted molar refractivity (Wildman–Crippen MR) is 103 cm³/mol. The molecule has 0 saturated heterocycles. The van der Waals surface area contributed by atoms with E-state index in [-0.39, 0.29) is 11.5 Å². The van der Waals surface area contributed by atoms with E-state index in [1.807, 2.05) is 31.2 Å². The maximum absolute atomic E-state index is 13.3. The number of hydrogen-bond donors (Lipinski definition) is 2. The van der Waals surface area contributed by atoms with Crippen molar-refractivity contribution in [1.29, 1.82) is 0 Å². The van der Waals surface area contributed by atoms with E-state index in [0.29, 0.717) is 17.8 Å². The summed E-state index contributed by atoms with van der Waals surface area (Å²) in [5.74, 6) is -1.27. The van der Waals surface area contributed by atoms with Crippen molar-refractivity contribution in [3.8, 4) is 0 Å². The third kappa shape index (κ3) is 4.79. The number of aryl methyl sites for hydroxylation is 1. The fourth-order valence-corrected chi connectivity index (χ4v) is 2.71. The van der Waals surface area contributed by atoms with Gasteiger partial charge in [0.15, 0.2) is 0 Å². The standard InChI is InChI=1S/C22H19FN2O2/c1-15-6-4-7-16(12-15)14-24-22(27)19-10-2-3-11-20(19)25-21(26)17-8-5-9-18(23)13-17/h2-13H,14H2,1H3,(H,24,27)(H,25,26). The van der Waals surface area contributed by atoms with Gasteiger partial charge in [-0.25, -0.2) is 4.39 Å². The molecule has 0 saturated carbocycles. The summed E-state index contributed by atoms with van der Waals surface area (Å²) in [6.45, 7) is 2.37. The van der Waals surface area contributed by atoms with E-state index in [2.05, 4.69) is 10.6 Å². The Morgan fingerprint density at radius 2 is 1.67 bits per heavy atom. The van der Waals surface area contributed by atoms with Gasteiger partial charge in [0.25, 0.3) is 11.8 Å². The summed E-state index contributed by atoms with van der Waals surface area (Å²) in [7, 11) is 0. The van der Waals surface area contributed by atoms with Gasteiger partial charge < -0.3 is 10.6 Å². The van der Waals surface area contributed by atoms with Crippen LogP contribution in [0.3, 0.4) is 0 Å². The molecule has 0 atom stereocenters. The van der Waals surface area contributed by atoms with E-state index >= 15 is 0 Å². The highest BCUT2D eigenvalue weighted by Gasteiger charge is 2.14. The second-order valence-corrected chi connectivity index (χ2v) is 6.18. The molecule has 2 N–H and O–H groups in total. The van der Waals surface area contributed by atoms with Gasteiger partial charge in [0.1, 0.15) is 5.82 Å². The molecule has 5 heteroatoms. The van der Waals surface area contributed by atoms with Crippen molar-refractivity contribution >= 4 is 17.5 Å². The van der Waals surface area contributed by atoms with Crippen molar-refractivity contribution in [2.45, 2.75) is 13.5 Å². The van der Waals surface area contributed by atoms with Crippen LogP contribution in [0.2, 0.25) is 0 Å². The van der Waals surface area contributed by atoms with Gasteiger partial charge in [-0.05, 0) is 42.8 Å². The number of hydrogen-bond acceptors (Lipinski definition) is 2. The van der Waals surface area contributed by atoms with Gasteiger partial charge >= 0.3 is 0 Å². The average molecular weight is 362 g/mol. The Morgan fingerprint density at radius 1 is 0.889 bits per heavy atom. The van der Waals surface area contributed by atoms with Crippen LogP contribution in [0.4, 0.5) is 10.1 Å². The zero-order valence-electron chi connectivity index (χ0n) is 14.8. The van der Waals surface area contributed by atoms with Gasteiger partial charge in [0.05, 0.1) is 11.3 Å². The minimum atomic E-state index is -0.494. The van der Waals surface area contributed by atoms with Crippen molar-refractivity contribution in [2.75, 3.05) is 5.32 Å². The Morgan fingerprint density at radius 3 is 2.44 bits per heavy atom. The van der Waals surface area contributed by atoms with Crippen LogP contribution in [0.25, 0.3) is 0 Å². The van der Waals surface area contributed by atoms with Crippen LogP contribution in [-0.4, -0.2) is 11.8 Å². The molecule has 0 fully saturated rings. The molecule has 0 aliphatic carbocycles. The monoisotopic (exact) mass is 362 g/mol. The highest BCUT2D eigenvalue weighted by atomic mass is 19.1. The molecule has 27 heavy (non-hydrogen) atoms. The molecule has 0 aliphatic heterocycles. The number of carbonyl (C=O) groups excluding carboxylic acids is 2. The maximum atomic E-state index is 13.3. The molecule has 3 aromatic rings. The summed E-state index contributed by atoms with van der Waals surface area (Å²) in [5, 5.41) is 5.53. The van der Waals surface area contributed by atoms with Crippen molar-refractivity contribution in [1.82, 2.24) is 5.32 Å². The molecule has 136 valence electrons. The van der Waals surface area contributed by atoms with Crippen molar-refractivity contribution in [3.63, 3.8) is 0 Å². The molecular formula is C22H19FN2O2. The van der Waals surface area contributed by atoms with E-state index in [4.69, 9.17) is 0 Å². The van der Waals surface area contributed by atoms with Gasteiger partial charge in [-0.2, -0.15) is 0 Å². The summed E-state index contributed by atoms with van der Waals surface area (Å²) < 4.78 is 13.3. The van der Waals surface area contributed by atoms with Crippen molar-refractivity contribution in [3.05, 3.63) is 101 Å². The summed E-state index contributed by atoms with van der Waals surface area (Å²) in [5.41, 5.74) is 3.00. The first-order valence-corrected chi connectivity index (χ1v) is 8.52. The quantitative estimate of drug-likeness (QED) is 0.710. The zero-order chi connectivity index (χ0) is 19.2. The molecule has 3 aromatic carbocycles. The second kappa shape index (κ2) is 8.27. The van der Waals surface area contributed by atoms with E-state index < -0.39 is 11.7 Å². The smallest absolute Gasteiger partial charge is 0.255 e. The van der Waals surface area contributed by atoms with Crippen molar-refractivity contribution < 1.29 is 14.0 Å². The third-order valence-corrected chi connectivity index (χ3v) is 4.04. The van der Waals surface area contributed by atoms with Gasteiger partial charge in [-0.15, -0.1) is 0 Å². The molecule has 4 nitrogen and oxygen atoms in total. The lowest BCUT2D eigenvalue weighted by molar-refractivity contribution is 0.0951. The number of benzene rings is 3. The minimum Gasteiger partial charge on any atom is -0.348 e. The zero-order valence-corrected chi connectivity index (χ0v) is 14.8. The maximum Gasteiger partial charge on any atom is 0.255 e. The molecule has 3 rings (SSSR count). The van der Waals surface area contributed by atoms with E-state index in [9.17, 15) is 14.0 Å². The second-order valence-electron chi connectivity index (χ2n) is 6.18. The van der Waals surface area contributed by atoms with Crippen molar-refractivity contribution in [2.24, 2.45) is 0 Å². The highest BCUT2D eigenvalue weighted by Crippen LogP contribution is 2.17. The van der Waals surface area contributed by atoms with Gasteiger partial charge in [0.2, 0.25) is 0 Å². The van der Waals surface area contributed by atoms with Crippen LogP contribution in [0, 0.1) is 12.7 Å². The van der Waals surface area contributed by atoms with Gasteiger partial charge in [-0.1, -0.05) is 48.0 Å².